The van der Waals surface area contributed by atoms with Gasteiger partial charge in [-0.3, -0.25) is 14.4 Å². The second-order valence-corrected chi connectivity index (χ2v) is 6.83. The van der Waals surface area contributed by atoms with E-state index in [4.69, 9.17) is 4.42 Å². The lowest BCUT2D eigenvalue weighted by molar-refractivity contribution is -0.126. The van der Waals surface area contributed by atoms with Gasteiger partial charge in [0.2, 0.25) is 11.8 Å². The van der Waals surface area contributed by atoms with E-state index in [0.717, 1.165) is 10.2 Å². The number of rotatable bonds is 6. The average molecular weight is 420 g/mol. The fourth-order valence-electron chi connectivity index (χ4n) is 2.78. The Balaban J connectivity index is 1.45. The second-order valence-electron chi connectivity index (χ2n) is 5.91. The van der Waals surface area contributed by atoms with Gasteiger partial charge in [-0.1, -0.05) is 22.0 Å². The standard InChI is InChI=1S/C18H18BrN3O4/c19-13-3-1-4-14(10-13)22-11-12(9-16(22)23)17(24)20-6-7-21-18(25)15-5-2-8-26-15/h1-5,8,10,12H,6-7,9,11H2,(H,20,24)(H,21,25). The molecule has 1 atom stereocenters. The Bertz CT molecular complexity index is 807. The Labute approximate surface area is 158 Å². The topological polar surface area (TPSA) is 91.7 Å². The monoisotopic (exact) mass is 419 g/mol. The number of furan rings is 1. The summed E-state index contributed by atoms with van der Waals surface area (Å²) in [6.07, 6.45) is 1.60. The Morgan fingerprint density at radius 3 is 2.73 bits per heavy atom. The van der Waals surface area contributed by atoms with E-state index in [1.54, 1.807) is 17.0 Å². The van der Waals surface area contributed by atoms with Gasteiger partial charge in [-0.05, 0) is 30.3 Å². The zero-order valence-corrected chi connectivity index (χ0v) is 15.5. The molecule has 3 amide bonds. The van der Waals surface area contributed by atoms with Crippen molar-refractivity contribution >= 4 is 39.3 Å². The number of benzene rings is 1. The summed E-state index contributed by atoms with van der Waals surface area (Å²) >= 11 is 3.38. The van der Waals surface area contributed by atoms with Crippen LogP contribution in [0.4, 0.5) is 5.69 Å². The first-order valence-corrected chi connectivity index (χ1v) is 8.99. The van der Waals surface area contributed by atoms with Crippen LogP contribution in [0.15, 0.2) is 51.6 Å². The van der Waals surface area contributed by atoms with Crippen LogP contribution >= 0.6 is 15.9 Å². The van der Waals surface area contributed by atoms with E-state index in [2.05, 4.69) is 26.6 Å². The number of amides is 3. The lowest BCUT2D eigenvalue weighted by Crippen LogP contribution is -2.38. The molecule has 2 N–H and O–H groups in total. The zero-order valence-electron chi connectivity index (χ0n) is 13.9. The maximum absolute atomic E-state index is 12.3. The molecule has 1 fully saturated rings. The molecule has 1 aliphatic heterocycles. The van der Waals surface area contributed by atoms with E-state index in [-0.39, 0.29) is 43.0 Å². The van der Waals surface area contributed by atoms with Gasteiger partial charge in [0, 0.05) is 36.2 Å². The van der Waals surface area contributed by atoms with Gasteiger partial charge in [-0.15, -0.1) is 0 Å². The smallest absolute Gasteiger partial charge is 0.287 e. The minimum absolute atomic E-state index is 0.0747. The van der Waals surface area contributed by atoms with Crippen molar-refractivity contribution in [2.24, 2.45) is 5.92 Å². The van der Waals surface area contributed by atoms with E-state index < -0.39 is 5.92 Å². The number of carbonyl (C=O) groups is 3. The van der Waals surface area contributed by atoms with E-state index in [0.29, 0.717) is 6.54 Å². The number of nitrogens with zero attached hydrogens (tertiary/aromatic N) is 1. The number of hydrogen-bond acceptors (Lipinski definition) is 4. The predicted octanol–water partition coefficient (Wildman–Crippen LogP) is 1.94. The van der Waals surface area contributed by atoms with Gasteiger partial charge in [0.15, 0.2) is 5.76 Å². The summed E-state index contributed by atoms with van der Waals surface area (Å²) in [7, 11) is 0. The highest BCUT2D eigenvalue weighted by Gasteiger charge is 2.34. The van der Waals surface area contributed by atoms with Gasteiger partial charge < -0.3 is 20.0 Å². The first kappa shape index (κ1) is 18.2. The van der Waals surface area contributed by atoms with E-state index >= 15 is 0 Å². The normalized spacial score (nSPS) is 16.6. The van der Waals surface area contributed by atoms with E-state index in [1.165, 1.54) is 6.26 Å². The molecule has 0 spiro atoms. The minimum Gasteiger partial charge on any atom is -0.459 e. The minimum atomic E-state index is -0.401. The Hall–Kier alpha value is -2.61. The molecule has 2 heterocycles. The fraction of sp³-hybridized carbons (Fsp3) is 0.278. The molecule has 0 aliphatic carbocycles. The van der Waals surface area contributed by atoms with Gasteiger partial charge in [0.25, 0.3) is 5.91 Å². The van der Waals surface area contributed by atoms with Gasteiger partial charge in [0.1, 0.15) is 0 Å². The molecule has 1 saturated heterocycles. The fourth-order valence-corrected chi connectivity index (χ4v) is 3.16. The van der Waals surface area contributed by atoms with Crippen molar-refractivity contribution in [3.8, 4) is 0 Å². The summed E-state index contributed by atoms with van der Waals surface area (Å²) in [5.74, 6) is -0.775. The molecule has 8 heteroatoms. The SMILES string of the molecule is O=C(NCCNC(=O)C1CC(=O)N(c2cccc(Br)c2)C1)c1ccco1. The molecule has 3 rings (SSSR count). The highest BCUT2D eigenvalue weighted by atomic mass is 79.9. The third-order valence-electron chi connectivity index (χ3n) is 4.07. The predicted molar refractivity (Wildman–Crippen MR) is 98.7 cm³/mol. The summed E-state index contributed by atoms with van der Waals surface area (Å²) in [6, 6.07) is 10.6. The van der Waals surface area contributed by atoms with Crippen molar-refractivity contribution < 1.29 is 18.8 Å². The molecule has 2 aromatic rings. The van der Waals surface area contributed by atoms with Crippen molar-refractivity contribution in [1.29, 1.82) is 0 Å². The molecule has 0 radical (unpaired) electrons. The summed E-state index contributed by atoms with van der Waals surface area (Å²) in [5, 5.41) is 5.41. The molecule has 1 aromatic carbocycles. The van der Waals surface area contributed by atoms with Crippen molar-refractivity contribution in [1.82, 2.24) is 10.6 Å². The third kappa shape index (κ3) is 4.32. The van der Waals surface area contributed by atoms with Gasteiger partial charge in [0.05, 0.1) is 12.2 Å². The molecular weight excluding hydrogens is 402 g/mol. The summed E-state index contributed by atoms with van der Waals surface area (Å²) in [6.45, 7) is 0.911. The highest BCUT2D eigenvalue weighted by Crippen LogP contribution is 2.27. The lowest BCUT2D eigenvalue weighted by atomic mass is 10.1. The third-order valence-corrected chi connectivity index (χ3v) is 4.56. The van der Waals surface area contributed by atoms with Crippen LogP contribution < -0.4 is 15.5 Å². The van der Waals surface area contributed by atoms with Crippen molar-refractivity contribution in [3.63, 3.8) is 0 Å². The lowest BCUT2D eigenvalue weighted by Gasteiger charge is -2.17. The number of nitrogens with one attached hydrogen (secondary N) is 2. The van der Waals surface area contributed by atoms with Crippen LogP contribution in [0.25, 0.3) is 0 Å². The van der Waals surface area contributed by atoms with Crippen LogP contribution in [0.1, 0.15) is 17.0 Å². The largest absolute Gasteiger partial charge is 0.459 e. The first-order chi connectivity index (χ1) is 12.5. The summed E-state index contributed by atoms with van der Waals surface area (Å²) in [5.41, 5.74) is 0.769. The van der Waals surface area contributed by atoms with Gasteiger partial charge in [-0.25, -0.2) is 0 Å². The van der Waals surface area contributed by atoms with Gasteiger partial charge in [-0.2, -0.15) is 0 Å². The molecule has 1 unspecified atom stereocenters. The molecule has 0 bridgehead atoms. The highest BCUT2D eigenvalue weighted by molar-refractivity contribution is 9.10. The first-order valence-electron chi connectivity index (χ1n) is 8.20. The number of halogens is 1. The molecule has 1 aromatic heterocycles. The quantitative estimate of drug-likeness (QED) is 0.699. The van der Waals surface area contributed by atoms with Crippen molar-refractivity contribution in [3.05, 3.63) is 52.9 Å². The Morgan fingerprint density at radius 1 is 1.19 bits per heavy atom. The van der Waals surface area contributed by atoms with Gasteiger partial charge >= 0.3 is 0 Å². The average Bonchev–Trinajstić information content (AvgIpc) is 3.28. The van der Waals surface area contributed by atoms with Crippen LogP contribution in [-0.4, -0.2) is 37.4 Å². The van der Waals surface area contributed by atoms with Crippen LogP contribution in [0.3, 0.4) is 0 Å². The van der Waals surface area contributed by atoms with Crippen LogP contribution in [-0.2, 0) is 9.59 Å². The molecule has 1 aliphatic rings. The second kappa shape index (κ2) is 8.18. The maximum atomic E-state index is 12.3. The summed E-state index contributed by atoms with van der Waals surface area (Å²) < 4.78 is 5.86. The molecule has 7 nitrogen and oxygen atoms in total. The molecule has 26 heavy (non-hydrogen) atoms. The van der Waals surface area contributed by atoms with Crippen LogP contribution in [0, 0.1) is 5.92 Å². The number of hydrogen-bond donors (Lipinski definition) is 2. The molecular formula is C18H18BrN3O4. The number of anilines is 1. The van der Waals surface area contributed by atoms with Crippen LogP contribution in [0.5, 0.6) is 0 Å². The maximum Gasteiger partial charge on any atom is 0.287 e. The van der Waals surface area contributed by atoms with Crippen molar-refractivity contribution in [2.75, 3.05) is 24.5 Å². The molecule has 0 saturated carbocycles. The van der Waals surface area contributed by atoms with E-state index in [9.17, 15) is 14.4 Å². The van der Waals surface area contributed by atoms with Crippen molar-refractivity contribution in [2.45, 2.75) is 6.42 Å². The van der Waals surface area contributed by atoms with E-state index in [1.807, 2.05) is 24.3 Å². The summed E-state index contributed by atoms with van der Waals surface area (Å²) in [4.78, 5) is 37.8. The molecule has 136 valence electrons. The Morgan fingerprint density at radius 2 is 2.00 bits per heavy atom. The zero-order chi connectivity index (χ0) is 18.5. The Kier molecular flexibility index (Phi) is 5.72. The number of carbonyl (C=O) groups excluding carboxylic acids is 3. The van der Waals surface area contributed by atoms with Crippen LogP contribution in [0.2, 0.25) is 0 Å².